The zero-order valence-corrected chi connectivity index (χ0v) is 31.0. The molecule has 0 spiro atoms. The van der Waals surface area contributed by atoms with Crippen molar-refractivity contribution in [3.8, 4) is 0 Å². The van der Waals surface area contributed by atoms with Crippen molar-refractivity contribution in [1.29, 1.82) is 0 Å². The van der Waals surface area contributed by atoms with E-state index in [-0.39, 0.29) is 31.8 Å². The lowest BCUT2D eigenvalue weighted by atomic mass is 10.1. The van der Waals surface area contributed by atoms with Crippen LogP contribution < -0.4 is 16.0 Å². The van der Waals surface area contributed by atoms with Gasteiger partial charge in [-0.25, -0.2) is 9.59 Å². The average molecular weight is 762 g/mol. The number of benzene rings is 1. The van der Waals surface area contributed by atoms with Gasteiger partial charge in [0, 0.05) is 31.0 Å². The van der Waals surface area contributed by atoms with E-state index in [1.54, 1.807) is 20.8 Å². The van der Waals surface area contributed by atoms with E-state index in [2.05, 4.69) is 70.3 Å². The number of unbranched alkanes of at least 4 members (excludes halogenated alkanes) is 1. The molecule has 1 aromatic carbocycles. The molecule has 0 saturated carbocycles. The van der Waals surface area contributed by atoms with Gasteiger partial charge in [0.15, 0.2) is 0 Å². The van der Waals surface area contributed by atoms with Crippen molar-refractivity contribution in [3.63, 3.8) is 0 Å². The Morgan fingerprint density at radius 3 is 2.16 bits per heavy atom. The number of nitrogens with one attached hydrogen (secondary N) is 3. The molecular formula is C32H52IN3O8Si. The fraction of sp³-hybridized carbons (Fsp3) is 0.656. The molecule has 0 aromatic heterocycles. The van der Waals surface area contributed by atoms with E-state index >= 15 is 0 Å². The third kappa shape index (κ3) is 20.1. The highest BCUT2D eigenvalue weighted by Gasteiger charge is 2.29. The van der Waals surface area contributed by atoms with Crippen molar-refractivity contribution in [1.82, 2.24) is 16.0 Å². The fourth-order valence-electron chi connectivity index (χ4n) is 4.11. The first-order valence-electron chi connectivity index (χ1n) is 15.5. The predicted octanol–water partition coefficient (Wildman–Crippen LogP) is 5.11. The molecule has 3 N–H and O–H groups in total. The average Bonchev–Trinajstić information content (AvgIpc) is 2.93. The summed E-state index contributed by atoms with van der Waals surface area (Å²) in [6.07, 6.45) is 2.43. The van der Waals surface area contributed by atoms with Crippen LogP contribution in [0.4, 0.5) is 4.79 Å². The number of esters is 2. The van der Waals surface area contributed by atoms with E-state index in [9.17, 15) is 24.0 Å². The summed E-state index contributed by atoms with van der Waals surface area (Å²) in [5.74, 6) is -1.83. The van der Waals surface area contributed by atoms with Crippen LogP contribution in [0, 0.1) is 3.57 Å². The van der Waals surface area contributed by atoms with Gasteiger partial charge in [0.05, 0.1) is 13.7 Å². The van der Waals surface area contributed by atoms with Crippen molar-refractivity contribution in [2.24, 2.45) is 0 Å². The summed E-state index contributed by atoms with van der Waals surface area (Å²) in [5, 5.41) is 8.09. The Morgan fingerprint density at radius 1 is 0.889 bits per heavy atom. The molecule has 2 atom stereocenters. The van der Waals surface area contributed by atoms with Gasteiger partial charge >= 0.3 is 18.0 Å². The number of hydrogen-bond donors (Lipinski definition) is 3. The molecule has 0 bridgehead atoms. The lowest BCUT2D eigenvalue weighted by molar-refractivity contribution is -0.155. The summed E-state index contributed by atoms with van der Waals surface area (Å²) in [7, 11) is -0.216. The number of halogens is 1. The van der Waals surface area contributed by atoms with Gasteiger partial charge < -0.3 is 30.2 Å². The molecule has 0 aliphatic carbocycles. The van der Waals surface area contributed by atoms with Crippen LogP contribution in [-0.4, -0.2) is 75.9 Å². The van der Waals surface area contributed by atoms with Gasteiger partial charge in [-0.2, -0.15) is 0 Å². The molecule has 2 unspecified atom stereocenters. The first-order chi connectivity index (χ1) is 21.0. The molecule has 0 saturated heterocycles. The number of amides is 3. The number of rotatable bonds is 19. The Balaban J connectivity index is 2.64. The molecule has 1 aromatic rings. The summed E-state index contributed by atoms with van der Waals surface area (Å²) in [6, 6.07) is 6.87. The van der Waals surface area contributed by atoms with Crippen LogP contribution in [0.3, 0.4) is 0 Å². The molecular weight excluding hydrogens is 709 g/mol. The highest BCUT2D eigenvalue weighted by Crippen LogP contribution is 2.13. The standard InChI is InChI=1S/C32H52IN3O8Si/c1-32(2,3)44-28(38)19-18-25(36-31(41)43-21-22-45(5,6)7)29(39)35-26(30(40)42-4)12-8-9-20-34-27(37)13-10-11-23-14-16-24(33)17-15-23/h14-17,25-26H,8-13,18-22H2,1-7H3,(H,34,37)(H,35,39)(H,36,41). The zero-order valence-electron chi connectivity index (χ0n) is 27.9. The molecule has 0 fully saturated rings. The zero-order chi connectivity index (χ0) is 34.0. The van der Waals surface area contributed by atoms with E-state index in [0.29, 0.717) is 25.8 Å². The van der Waals surface area contributed by atoms with Gasteiger partial charge in [0.2, 0.25) is 11.8 Å². The minimum absolute atomic E-state index is 0.0334. The Bertz CT molecular complexity index is 1100. The van der Waals surface area contributed by atoms with Crippen LogP contribution in [0.5, 0.6) is 0 Å². The van der Waals surface area contributed by atoms with E-state index < -0.39 is 49.7 Å². The van der Waals surface area contributed by atoms with Crippen LogP contribution >= 0.6 is 22.6 Å². The van der Waals surface area contributed by atoms with Gasteiger partial charge in [-0.05, 0) is 106 Å². The summed E-state index contributed by atoms with van der Waals surface area (Å²) in [5.41, 5.74) is 0.495. The van der Waals surface area contributed by atoms with Gasteiger partial charge in [0.1, 0.15) is 17.7 Å². The molecule has 1 rings (SSSR count). The Labute approximate surface area is 282 Å². The second kappa shape index (κ2) is 20.4. The molecule has 11 nitrogen and oxygen atoms in total. The summed E-state index contributed by atoms with van der Waals surface area (Å²) in [6.45, 7) is 12.3. The number of carbonyl (C=O) groups is 5. The maximum atomic E-state index is 13.2. The minimum Gasteiger partial charge on any atom is -0.467 e. The topological polar surface area (TPSA) is 149 Å². The third-order valence-electron chi connectivity index (χ3n) is 6.58. The second-order valence-electron chi connectivity index (χ2n) is 13.2. The maximum Gasteiger partial charge on any atom is 0.407 e. The van der Waals surface area contributed by atoms with Gasteiger partial charge in [-0.3, -0.25) is 14.4 Å². The second-order valence-corrected chi connectivity index (χ2v) is 20.0. The van der Waals surface area contributed by atoms with E-state index in [4.69, 9.17) is 14.2 Å². The number of carbonyl (C=O) groups excluding carboxylic acids is 5. The van der Waals surface area contributed by atoms with E-state index in [1.807, 2.05) is 12.1 Å². The monoisotopic (exact) mass is 761 g/mol. The van der Waals surface area contributed by atoms with E-state index in [0.717, 1.165) is 18.9 Å². The van der Waals surface area contributed by atoms with Crippen molar-refractivity contribution >= 4 is 60.5 Å². The number of methoxy groups -OCH3 is 1. The molecule has 13 heteroatoms. The number of hydrogen-bond acceptors (Lipinski definition) is 8. The van der Waals surface area contributed by atoms with E-state index in [1.165, 1.54) is 16.2 Å². The Hall–Kier alpha value is -2.68. The Kier molecular flexibility index (Phi) is 18.3. The summed E-state index contributed by atoms with van der Waals surface area (Å²) in [4.78, 5) is 62.8. The van der Waals surface area contributed by atoms with Gasteiger partial charge in [-0.15, -0.1) is 0 Å². The van der Waals surface area contributed by atoms with Gasteiger partial charge in [-0.1, -0.05) is 31.8 Å². The molecule has 0 aliphatic rings. The van der Waals surface area contributed by atoms with Crippen LogP contribution in [-0.2, 0) is 39.8 Å². The normalized spacial score (nSPS) is 12.8. The van der Waals surface area contributed by atoms with Crippen LogP contribution in [0.2, 0.25) is 25.7 Å². The van der Waals surface area contributed by atoms with Gasteiger partial charge in [0.25, 0.3) is 0 Å². The van der Waals surface area contributed by atoms with Crippen LogP contribution in [0.15, 0.2) is 24.3 Å². The van der Waals surface area contributed by atoms with Crippen LogP contribution in [0.1, 0.15) is 71.3 Å². The largest absolute Gasteiger partial charge is 0.467 e. The predicted molar refractivity (Wildman–Crippen MR) is 184 cm³/mol. The SMILES string of the molecule is COC(=O)C(CCCCNC(=O)CCCc1ccc(I)cc1)NC(=O)C(CCC(=O)OC(C)(C)C)NC(=O)OCC[Si](C)(C)C. The third-order valence-corrected chi connectivity index (χ3v) is 9.00. The molecule has 0 heterocycles. The lowest BCUT2D eigenvalue weighted by Crippen LogP contribution is -2.52. The van der Waals surface area contributed by atoms with Crippen molar-refractivity contribution in [2.45, 2.75) is 116 Å². The molecule has 0 aliphatic heterocycles. The maximum absolute atomic E-state index is 13.2. The number of alkyl carbamates (subject to hydrolysis) is 1. The number of ether oxygens (including phenoxy) is 3. The summed E-state index contributed by atoms with van der Waals surface area (Å²) < 4.78 is 16.7. The highest BCUT2D eigenvalue weighted by atomic mass is 127. The lowest BCUT2D eigenvalue weighted by Gasteiger charge is -2.23. The van der Waals surface area contributed by atoms with Crippen LogP contribution in [0.25, 0.3) is 0 Å². The Morgan fingerprint density at radius 2 is 1.56 bits per heavy atom. The van der Waals surface area contributed by atoms with Crippen molar-refractivity contribution in [2.75, 3.05) is 20.3 Å². The number of aryl methyl sites for hydroxylation is 1. The minimum atomic E-state index is -1.44. The first kappa shape index (κ1) is 40.3. The summed E-state index contributed by atoms with van der Waals surface area (Å²) >= 11 is 2.26. The molecule has 254 valence electrons. The first-order valence-corrected chi connectivity index (χ1v) is 20.3. The smallest absolute Gasteiger partial charge is 0.407 e. The van der Waals surface area contributed by atoms with Crippen molar-refractivity contribution < 1.29 is 38.2 Å². The highest BCUT2D eigenvalue weighted by molar-refractivity contribution is 14.1. The molecule has 45 heavy (non-hydrogen) atoms. The quantitative estimate of drug-likeness (QED) is 0.0579. The van der Waals surface area contributed by atoms with Crippen molar-refractivity contribution in [3.05, 3.63) is 33.4 Å². The fourth-order valence-corrected chi connectivity index (χ4v) is 5.19. The molecule has 0 radical (unpaired) electrons. The molecule has 3 amide bonds.